The highest BCUT2D eigenvalue weighted by molar-refractivity contribution is 9.10. The third-order valence-electron chi connectivity index (χ3n) is 3.29. The quantitative estimate of drug-likeness (QED) is 0.841. The fraction of sp³-hybridized carbons (Fsp3) is 0.312. The molecule has 0 aliphatic rings. The standard InChI is InChI=1S/C16H18BrNO/c1-3-15(17)16(19)18-11(2)13-10-6-8-12-7-4-5-9-14(12)13/h4-11,15H,3H2,1-2H3,(H,18,19). The molecule has 19 heavy (non-hydrogen) atoms. The highest BCUT2D eigenvalue weighted by Gasteiger charge is 2.16. The summed E-state index contributed by atoms with van der Waals surface area (Å²) in [5, 5.41) is 5.45. The predicted molar refractivity (Wildman–Crippen MR) is 83.5 cm³/mol. The molecule has 2 aromatic carbocycles. The van der Waals surface area contributed by atoms with Gasteiger partial charge in [-0.2, -0.15) is 0 Å². The first-order chi connectivity index (χ1) is 9.13. The van der Waals surface area contributed by atoms with Crippen molar-refractivity contribution in [3.63, 3.8) is 0 Å². The van der Waals surface area contributed by atoms with Crippen molar-refractivity contribution in [2.45, 2.75) is 31.1 Å². The molecule has 0 saturated carbocycles. The van der Waals surface area contributed by atoms with E-state index in [2.05, 4.69) is 45.5 Å². The Balaban J connectivity index is 2.27. The molecule has 0 aromatic heterocycles. The lowest BCUT2D eigenvalue weighted by atomic mass is 9.99. The number of halogens is 1. The van der Waals surface area contributed by atoms with Crippen LogP contribution < -0.4 is 5.32 Å². The van der Waals surface area contributed by atoms with E-state index < -0.39 is 0 Å². The van der Waals surface area contributed by atoms with Crippen LogP contribution in [0.2, 0.25) is 0 Å². The summed E-state index contributed by atoms with van der Waals surface area (Å²) in [6.07, 6.45) is 0.786. The molecule has 2 atom stereocenters. The van der Waals surface area contributed by atoms with Crippen molar-refractivity contribution in [1.82, 2.24) is 5.32 Å². The molecule has 0 fully saturated rings. The van der Waals surface area contributed by atoms with E-state index in [-0.39, 0.29) is 16.8 Å². The Kier molecular flexibility index (Phi) is 4.59. The Morgan fingerprint density at radius 3 is 2.63 bits per heavy atom. The van der Waals surface area contributed by atoms with E-state index in [0.717, 1.165) is 12.0 Å². The lowest BCUT2D eigenvalue weighted by Gasteiger charge is -2.18. The van der Waals surface area contributed by atoms with Crippen molar-refractivity contribution in [3.8, 4) is 0 Å². The maximum absolute atomic E-state index is 11.9. The summed E-state index contributed by atoms with van der Waals surface area (Å²) in [4.78, 5) is 11.8. The van der Waals surface area contributed by atoms with E-state index in [1.807, 2.05) is 32.0 Å². The molecule has 0 spiro atoms. The molecule has 2 aromatic rings. The maximum Gasteiger partial charge on any atom is 0.234 e. The van der Waals surface area contributed by atoms with Crippen LogP contribution in [-0.4, -0.2) is 10.7 Å². The number of carbonyl (C=O) groups excluding carboxylic acids is 1. The Labute approximate surface area is 122 Å². The smallest absolute Gasteiger partial charge is 0.234 e. The number of hydrogen-bond acceptors (Lipinski definition) is 1. The number of nitrogens with one attached hydrogen (secondary N) is 1. The molecular weight excluding hydrogens is 302 g/mol. The minimum absolute atomic E-state index is 0.00481. The summed E-state index contributed by atoms with van der Waals surface area (Å²) in [5.74, 6) is 0.0444. The largest absolute Gasteiger partial charge is 0.349 e. The molecule has 2 unspecified atom stereocenters. The van der Waals surface area contributed by atoms with Gasteiger partial charge in [-0.25, -0.2) is 0 Å². The zero-order valence-corrected chi connectivity index (χ0v) is 12.8. The number of amides is 1. The van der Waals surface area contributed by atoms with Gasteiger partial charge in [0.25, 0.3) is 0 Å². The van der Waals surface area contributed by atoms with Gasteiger partial charge in [0, 0.05) is 0 Å². The zero-order chi connectivity index (χ0) is 13.8. The summed E-state index contributed by atoms with van der Waals surface area (Å²) < 4.78 is 0. The molecule has 2 rings (SSSR count). The number of carbonyl (C=O) groups is 1. The molecule has 100 valence electrons. The van der Waals surface area contributed by atoms with Gasteiger partial charge in [0.1, 0.15) is 0 Å². The van der Waals surface area contributed by atoms with Crippen LogP contribution in [0.1, 0.15) is 31.9 Å². The first kappa shape index (κ1) is 14.1. The molecule has 0 bridgehead atoms. The molecule has 3 heteroatoms. The Bertz CT molecular complexity index is 576. The van der Waals surface area contributed by atoms with Crippen LogP contribution >= 0.6 is 15.9 Å². The second-order valence-electron chi connectivity index (χ2n) is 4.67. The van der Waals surface area contributed by atoms with Gasteiger partial charge in [0.05, 0.1) is 10.9 Å². The molecule has 0 radical (unpaired) electrons. The maximum atomic E-state index is 11.9. The second kappa shape index (κ2) is 6.20. The van der Waals surface area contributed by atoms with Gasteiger partial charge in [0.2, 0.25) is 5.91 Å². The van der Waals surface area contributed by atoms with Gasteiger partial charge in [-0.3, -0.25) is 4.79 Å². The fourth-order valence-corrected chi connectivity index (χ4v) is 2.33. The predicted octanol–water partition coefficient (Wildman–Crippen LogP) is 4.19. The Hall–Kier alpha value is -1.35. The lowest BCUT2D eigenvalue weighted by Crippen LogP contribution is -2.32. The van der Waals surface area contributed by atoms with Gasteiger partial charge < -0.3 is 5.32 Å². The van der Waals surface area contributed by atoms with Crippen molar-refractivity contribution >= 4 is 32.6 Å². The molecule has 1 N–H and O–H groups in total. The average Bonchev–Trinajstić information content (AvgIpc) is 2.45. The first-order valence-corrected chi connectivity index (χ1v) is 7.47. The van der Waals surface area contributed by atoms with Crippen molar-refractivity contribution in [2.75, 3.05) is 0 Å². The lowest BCUT2D eigenvalue weighted by molar-refractivity contribution is -0.121. The van der Waals surface area contributed by atoms with E-state index >= 15 is 0 Å². The summed E-state index contributed by atoms with van der Waals surface area (Å²) in [7, 11) is 0. The number of fused-ring (bicyclic) bond motifs is 1. The Morgan fingerprint density at radius 2 is 1.89 bits per heavy atom. The van der Waals surface area contributed by atoms with Crippen molar-refractivity contribution < 1.29 is 4.79 Å². The van der Waals surface area contributed by atoms with E-state index in [9.17, 15) is 4.79 Å². The average molecular weight is 320 g/mol. The van der Waals surface area contributed by atoms with Crippen molar-refractivity contribution in [2.24, 2.45) is 0 Å². The molecule has 2 nitrogen and oxygen atoms in total. The zero-order valence-electron chi connectivity index (χ0n) is 11.2. The van der Waals surface area contributed by atoms with Gasteiger partial charge in [-0.15, -0.1) is 0 Å². The van der Waals surface area contributed by atoms with E-state index in [4.69, 9.17) is 0 Å². The van der Waals surface area contributed by atoms with Crippen molar-refractivity contribution in [3.05, 3.63) is 48.0 Å². The molecule has 0 aliphatic heterocycles. The molecule has 0 aliphatic carbocycles. The van der Waals surface area contributed by atoms with Crippen LogP contribution in [0.4, 0.5) is 0 Å². The minimum Gasteiger partial charge on any atom is -0.349 e. The summed E-state index contributed by atoms with van der Waals surface area (Å²) >= 11 is 3.38. The number of alkyl halides is 1. The third kappa shape index (κ3) is 3.16. The number of rotatable bonds is 4. The topological polar surface area (TPSA) is 29.1 Å². The number of benzene rings is 2. The number of hydrogen-bond donors (Lipinski definition) is 1. The highest BCUT2D eigenvalue weighted by atomic mass is 79.9. The molecule has 0 saturated heterocycles. The molecular formula is C16H18BrNO. The minimum atomic E-state index is -0.120. The third-order valence-corrected chi connectivity index (χ3v) is 4.35. The van der Waals surface area contributed by atoms with Gasteiger partial charge in [-0.1, -0.05) is 65.3 Å². The molecule has 0 heterocycles. The van der Waals surface area contributed by atoms with Crippen LogP contribution in [0.25, 0.3) is 10.8 Å². The summed E-state index contributed by atoms with van der Waals surface area (Å²) in [5.41, 5.74) is 1.15. The van der Waals surface area contributed by atoms with Crippen LogP contribution in [0.5, 0.6) is 0 Å². The highest BCUT2D eigenvalue weighted by Crippen LogP contribution is 2.24. The van der Waals surface area contributed by atoms with Gasteiger partial charge in [0.15, 0.2) is 0 Å². The molecule has 1 amide bonds. The summed E-state index contributed by atoms with van der Waals surface area (Å²) in [6.45, 7) is 4.01. The normalized spacial score (nSPS) is 14.1. The van der Waals surface area contributed by atoms with Crippen LogP contribution in [0.3, 0.4) is 0 Å². The van der Waals surface area contributed by atoms with Crippen LogP contribution in [0.15, 0.2) is 42.5 Å². The monoisotopic (exact) mass is 319 g/mol. The van der Waals surface area contributed by atoms with Crippen LogP contribution in [0, 0.1) is 0 Å². The van der Waals surface area contributed by atoms with Gasteiger partial charge >= 0.3 is 0 Å². The van der Waals surface area contributed by atoms with E-state index in [1.165, 1.54) is 10.8 Å². The Morgan fingerprint density at radius 1 is 1.21 bits per heavy atom. The first-order valence-electron chi connectivity index (χ1n) is 6.55. The van der Waals surface area contributed by atoms with Gasteiger partial charge in [-0.05, 0) is 29.7 Å². The van der Waals surface area contributed by atoms with E-state index in [1.54, 1.807) is 0 Å². The van der Waals surface area contributed by atoms with Crippen molar-refractivity contribution in [1.29, 1.82) is 0 Å². The fourth-order valence-electron chi connectivity index (χ4n) is 2.20. The SMILES string of the molecule is CCC(Br)C(=O)NC(C)c1cccc2ccccc12. The summed E-state index contributed by atoms with van der Waals surface area (Å²) in [6, 6.07) is 14.4. The second-order valence-corrected chi connectivity index (χ2v) is 5.78. The van der Waals surface area contributed by atoms with E-state index in [0.29, 0.717) is 0 Å². The van der Waals surface area contributed by atoms with Crippen LogP contribution in [-0.2, 0) is 4.79 Å².